The van der Waals surface area contributed by atoms with Crippen LogP contribution >= 0.6 is 0 Å². The summed E-state index contributed by atoms with van der Waals surface area (Å²) in [6, 6.07) is -1.83. The Bertz CT molecular complexity index is 551. The quantitative estimate of drug-likeness (QED) is 0.108. The van der Waals surface area contributed by atoms with E-state index in [9.17, 15) is 19.2 Å². The van der Waals surface area contributed by atoms with Crippen LogP contribution in [-0.2, 0) is 19.2 Å². The Morgan fingerprint density at radius 3 is 1.71 bits per heavy atom. The molecule has 2 atom stereocenters. The van der Waals surface area contributed by atoms with Gasteiger partial charge in [-0.2, -0.15) is 0 Å². The Morgan fingerprint density at radius 2 is 1.26 bits per heavy atom. The van der Waals surface area contributed by atoms with Crippen LogP contribution in [0.25, 0.3) is 0 Å². The normalized spacial score (nSPS) is 11.9. The van der Waals surface area contributed by atoms with Crippen LogP contribution in [0, 0.1) is 0 Å². The van der Waals surface area contributed by atoms with Gasteiger partial charge in [0.15, 0.2) is 0 Å². The Kier molecular flexibility index (Phi) is 29.0. The van der Waals surface area contributed by atoms with E-state index in [2.05, 4.69) is 12.2 Å². The van der Waals surface area contributed by atoms with Gasteiger partial charge in [0.05, 0.1) is 0 Å². The van der Waals surface area contributed by atoms with E-state index in [-0.39, 0.29) is 48.3 Å². The molecule has 1 amide bonds. The molecule has 10 nitrogen and oxygen atoms in total. The molecule has 0 aromatic heterocycles. The molecule has 34 heavy (non-hydrogen) atoms. The summed E-state index contributed by atoms with van der Waals surface area (Å²) < 4.78 is 0. The van der Waals surface area contributed by atoms with Gasteiger partial charge in [-0.05, 0) is 32.2 Å². The molecule has 1 radical (unpaired) electrons. The number of nitrogens with one attached hydrogen (secondary N) is 1. The Balaban J connectivity index is -0.000000736. The van der Waals surface area contributed by atoms with E-state index in [4.69, 9.17) is 26.8 Å². The van der Waals surface area contributed by atoms with Gasteiger partial charge in [0, 0.05) is 42.4 Å². The maximum atomic E-state index is 11.7. The van der Waals surface area contributed by atoms with Gasteiger partial charge in [0.1, 0.15) is 12.1 Å². The number of nitrogens with two attached hydrogens (primary N) is 2. The topological polar surface area (TPSA) is 193 Å². The first-order valence-electron chi connectivity index (χ1n) is 12.1. The minimum atomic E-state index is -1.19. The van der Waals surface area contributed by atoms with Gasteiger partial charge < -0.3 is 32.1 Å². The summed E-state index contributed by atoms with van der Waals surface area (Å²) in [4.78, 5) is 43.2. The van der Waals surface area contributed by atoms with E-state index in [1.807, 2.05) is 0 Å². The predicted molar refractivity (Wildman–Crippen MR) is 133 cm³/mol. The average Bonchev–Trinajstić information content (AvgIpc) is 2.75. The first-order valence-corrected chi connectivity index (χ1v) is 12.1. The number of carbonyl (C=O) groups excluding carboxylic acids is 1. The first kappa shape index (κ1) is 37.4. The molecule has 0 unspecified atom stereocenters. The van der Waals surface area contributed by atoms with Gasteiger partial charge in [-0.15, -0.1) is 0 Å². The summed E-state index contributed by atoms with van der Waals surface area (Å²) in [5.41, 5.74) is 10.4. The van der Waals surface area contributed by atoms with Crippen molar-refractivity contribution in [1.82, 2.24) is 5.32 Å². The van der Waals surface area contributed by atoms with Crippen LogP contribution in [-0.4, -0.2) is 87.3 Å². The van der Waals surface area contributed by atoms with Crippen LogP contribution in [0.1, 0.15) is 103 Å². The number of carbonyl (C=O) groups is 4. The molecule has 0 aromatic rings. The summed E-state index contributed by atoms with van der Waals surface area (Å²) in [7, 11) is 0. The average molecular weight is 499 g/mol. The zero-order chi connectivity index (χ0) is 25.5. The van der Waals surface area contributed by atoms with Crippen molar-refractivity contribution in [2.24, 2.45) is 11.5 Å². The Hall–Kier alpha value is -1.20. The third-order valence-corrected chi connectivity index (χ3v) is 5.07. The smallest absolute Gasteiger partial charge is 0.326 e. The van der Waals surface area contributed by atoms with E-state index in [1.165, 1.54) is 38.5 Å². The molecule has 0 spiro atoms. The second-order valence-electron chi connectivity index (χ2n) is 8.20. The molecule has 0 aliphatic carbocycles. The molecule has 8 N–H and O–H groups in total. The number of unbranched alkanes of at least 4 members (excludes halogenated alkanes) is 9. The molecular formula is C23H45N3NaO7. The molecule has 0 aliphatic heterocycles. The molecule has 0 saturated carbocycles. The summed E-state index contributed by atoms with van der Waals surface area (Å²) in [6.45, 7) is 2.80. The third-order valence-electron chi connectivity index (χ3n) is 5.07. The maximum absolute atomic E-state index is 11.7. The van der Waals surface area contributed by atoms with Gasteiger partial charge in [0.2, 0.25) is 5.91 Å². The standard InChI is InChI=1S/C17H31NO5.C6H14N2O2.Na/c1-2-3-4-5-6-7-8-9-10-11-15(19)18-14(17(22)23)12-13-16(20)21;7-4-2-1-3-5(8)6(9)10;/h14H,2-13H2,1H3,(H,18,19)(H,20,21)(H,22,23);5H,1-4,7-8H2,(H,9,10);/t14-;5-;/m00./s1. The SMILES string of the molecule is CCCCCCCCCCCC(=O)N[C@@H](CCC(=O)O)C(=O)O.NCCCC[C@H](N)C(=O)O.[Na]. The zero-order valence-electron chi connectivity index (χ0n) is 21.1. The minimum absolute atomic E-state index is 0. The summed E-state index contributed by atoms with van der Waals surface area (Å²) in [5.74, 6) is -3.50. The number of hydrogen-bond donors (Lipinski definition) is 6. The monoisotopic (exact) mass is 498 g/mol. The third kappa shape index (κ3) is 27.0. The van der Waals surface area contributed by atoms with Gasteiger partial charge in [-0.3, -0.25) is 14.4 Å². The van der Waals surface area contributed by atoms with Crippen molar-refractivity contribution in [1.29, 1.82) is 0 Å². The van der Waals surface area contributed by atoms with E-state index in [0.29, 0.717) is 19.4 Å². The first-order chi connectivity index (χ1) is 15.6. The molecule has 0 heterocycles. The van der Waals surface area contributed by atoms with Crippen molar-refractivity contribution in [2.45, 2.75) is 115 Å². The summed E-state index contributed by atoms with van der Waals surface area (Å²) >= 11 is 0. The van der Waals surface area contributed by atoms with E-state index in [0.717, 1.165) is 32.1 Å². The fourth-order valence-corrected chi connectivity index (χ4v) is 3.02. The number of amides is 1. The number of hydrogen-bond acceptors (Lipinski definition) is 6. The second kappa shape index (κ2) is 26.4. The number of carboxylic acids is 3. The summed E-state index contributed by atoms with van der Waals surface area (Å²) in [6.07, 6.45) is 12.5. The maximum Gasteiger partial charge on any atom is 0.326 e. The van der Waals surface area contributed by atoms with E-state index in [1.54, 1.807) is 0 Å². The van der Waals surface area contributed by atoms with Crippen molar-refractivity contribution in [3.63, 3.8) is 0 Å². The van der Waals surface area contributed by atoms with Crippen molar-refractivity contribution in [3.8, 4) is 0 Å². The molecular weight excluding hydrogens is 453 g/mol. The molecule has 195 valence electrons. The molecule has 0 bridgehead atoms. The zero-order valence-corrected chi connectivity index (χ0v) is 23.1. The van der Waals surface area contributed by atoms with Crippen LogP contribution in [0.3, 0.4) is 0 Å². The minimum Gasteiger partial charge on any atom is -0.481 e. The van der Waals surface area contributed by atoms with Crippen LogP contribution in [0.2, 0.25) is 0 Å². The second-order valence-corrected chi connectivity index (χ2v) is 8.20. The van der Waals surface area contributed by atoms with Gasteiger partial charge in [0.25, 0.3) is 0 Å². The Morgan fingerprint density at radius 1 is 0.735 bits per heavy atom. The molecule has 11 heteroatoms. The molecule has 0 rings (SSSR count). The molecule has 0 aromatic carbocycles. The molecule has 0 saturated heterocycles. The number of aliphatic carboxylic acids is 3. The van der Waals surface area contributed by atoms with Crippen LogP contribution in [0.4, 0.5) is 0 Å². The molecule has 0 aliphatic rings. The van der Waals surface area contributed by atoms with Crippen molar-refractivity contribution < 1.29 is 34.5 Å². The predicted octanol–water partition coefficient (Wildman–Crippen LogP) is 2.49. The fourth-order valence-electron chi connectivity index (χ4n) is 3.02. The number of carboxylic acid groups (broad SMARTS) is 3. The van der Waals surface area contributed by atoms with Crippen LogP contribution < -0.4 is 16.8 Å². The molecule has 0 fully saturated rings. The largest absolute Gasteiger partial charge is 0.481 e. The van der Waals surface area contributed by atoms with Gasteiger partial charge in [-0.25, -0.2) is 4.79 Å². The van der Waals surface area contributed by atoms with Gasteiger partial charge >= 0.3 is 17.9 Å². The van der Waals surface area contributed by atoms with Crippen molar-refractivity contribution >= 4 is 53.4 Å². The Labute approximate surface area is 225 Å². The van der Waals surface area contributed by atoms with Crippen LogP contribution in [0.15, 0.2) is 0 Å². The van der Waals surface area contributed by atoms with E-state index >= 15 is 0 Å². The van der Waals surface area contributed by atoms with E-state index < -0.39 is 30.0 Å². The van der Waals surface area contributed by atoms with Gasteiger partial charge in [-0.1, -0.05) is 64.7 Å². The fraction of sp³-hybridized carbons (Fsp3) is 0.826. The van der Waals surface area contributed by atoms with Crippen LogP contribution in [0.5, 0.6) is 0 Å². The summed E-state index contributed by atoms with van der Waals surface area (Å²) in [5, 5.41) is 28.2. The number of rotatable bonds is 20. The van der Waals surface area contributed by atoms with Crippen molar-refractivity contribution in [2.75, 3.05) is 6.54 Å². The van der Waals surface area contributed by atoms with Crippen molar-refractivity contribution in [3.05, 3.63) is 0 Å².